The van der Waals surface area contributed by atoms with Gasteiger partial charge in [-0.15, -0.1) is 0 Å². The smallest absolute Gasteiger partial charge is 0.339 e. The van der Waals surface area contributed by atoms with Crippen molar-refractivity contribution in [2.24, 2.45) is 0 Å². The summed E-state index contributed by atoms with van der Waals surface area (Å²) in [6, 6.07) is 11.6. The molecule has 1 aliphatic rings. The van der Waals surface area contributed by atoms with E-state index in [1.807, 2.05) is 24.3 Å². The fraction of sp³-hybridized carbons (Fsp3) is 0.263. The average Bonchev–Trinajstić information content (AvgIpc) is 3.10. The largest absolute Gasteiger partial charge is 0.449 e. The molecule has 0 radical (unpaired) electrons. The fourth-order valence-electron chi connectivity index (χ4n) is 3.09. The SMILES string of the molecule is CNc1ccc(C(=O)O[C@H](C)C(=O)N2CCc3ccccc32)cc1[N+](=O)[O-]. The lowest BCUT2D eigenvalue weighted by Gasteiger charge is -2.21. The second-order valence-electron chi connectivity index (χ2n) is 6.16. The van der Waals surface area contributed by atoms with E-state index in [1.165, 1.54) is 19.1 Å². The average molecular weight is 369 g/mol. The van der Waals surface area contributed by atoms with Gasteiger partial charge in [-0.25, -0.2) is 4.79 Å². The molecule has 0 unspecified atom stereocenters. The minimum Gasteiger partial charge on any atom is -0.449 e. The van der Waals surface area contributed by atoms with Crippen molar-refractivity contribution in [3.8, 4) is 0 Å². The first-order valence-electron chi connectivity index (χ1n) is 8.49. The molecule has 2 aromatic carbocycles. The maximum absolute atomic E-state index is 12.7. The molecule has 0 saturated carbocycles. The van der Waals surface area contributed by atoms with Crippen LogP contribution in [0.15, 0.2) is 42.5 Å². The fourth-order valence-corrected chi connectivity index (χ4v) is 3.09. The molecule has 8 nitrogen and oxygen atoms in total. The molecule has 0 aliphatic carbocycles. The molecule has 1 atom stereocenters. The summed E-state index contributed by atoms with van der Waals surface area (Å²) in [5.41, 5.74) is 1.96. The van der Waals surface area contributed by atoms with Gasteiger partial charge in [0.15, 0.2) is 6.10 Å². The van der Waals surface area contributed by atoms with Gasteiger partial charge in [-0.3, -0.25) is 14.9 Å². The molecule has 0 saturated heterocycles. The Labute approximate surface area is 155 Å². The van der Waals surface area contributed by atoms with Gasteiger partial charge in [0.05, 0.1) is 10.5 Å². The highest BCUT2D eigenvalue weighted by molar-refractivity contribution is 6.00. The number of rotatable bonds is 5. The molecule has 1 N–H and O–H groups in total. The first-order chi connectivity index (χ1) is 12.9. The second kappa shape index (κ2) is 7.45. The van der Waals surface area contributed by atoms with Crippen molar-refractivity contribution >= 4 is 28.9 Å². The van der Waals surface area contributed by atoms with E-state index in [1.54, 1.807) is 11.9 Å². The highest BCUT2D eigenvalue weighted by Crippen LogP contribution is 2.29. The number of nitro groups is 1. The van der Waals surface area contributed by atoms with Crippen molar-refractivity contribution in [3.63, 3.8) is 0 Å². The highest BCUT2D eigenvalue weighted by atomic mass is 16.6. The second-order valence-corrected chi connectivity index (χ2v) is 6.16. The summed E-state index contributed by atoms with van der Waals surface area (Å²) in [7, 11) is 1.55. The number of carbonyl (C=O) groups is 2. The van der Waals surface area contributed by atoms with E-state index in [0.29, 0.717) is 6.54 Å². The summed E-state index contributed by atoms with van der Waals surface area (Å²) in [4.78, 5) is 37.2. The Balaban J connectivity index is 1.74. The minimum absolute atomic E-state index is 0.0159. The molecular formula is C19H19N3O5. The van der Waals surface area contributed by atoms with Crippen LogP contribution in [0.1, 0.15) is 22.8 Å². The van der Waals surface area contributed by atoms with Crippen LogP contribution in [0.4, 0.5) is 17.1 Å². The molecule has 3 rings (SSSR count). The van der Waals surface area contributed by atoms with E-state index < -0.39 is 17.0 Å². The quantitative estimate of drug-likeness (QED) is 0.494. The number of anilines is 2. The third-order valence-corrected chi connectivity index (χ3v) is 4.48. The van der Waals surface area contributed by atoms with Crippen LogP contribution in [-0.4, -0.2) is 36.5 Å². The van der Waals surface area contributed by atoms with Gasteiger partial charge in [-0.2, -0.15) is 0 Å². The Kier molecular flexibility index (Phi) is 5.07. The Morgan fingerprint density at radius 3 is 2.70 bits per heavy atom. The van der Waals surface area contributed by atoms with E-state index in [4.69, 9.17) is 4.74 Å². The van der Waals surface area contributed by atoms with Crippen molar-refractivity contribution in [1.29, 1.82) is 0 Å². The zero-order valence-electron chi connectivity index (χ0n) is 15.0. The van der Waals surface area contributed by atoms with Gasteiger partial charge in [-0.05, 0) is 37.1 Å². The molecule has 140 valence electrons. The number of nitrogens with zero attached hydrogens (tertiary/aromatic N) is 2. The lowest BCUT2D eigenvalue weighted by atomic mass is 10.1. The van der Waals surface area contributed by atoms with Gasteiger partial charge < -0.3 is 15.0 Å². The molecule has 8 heteroatoms. The maximum atomic E-state index is 12.7. The number of esters is 1. The summed E-state index contributed by atoms with van der Waals surface area (Å²) in [5.74, 6) is -1.11. The minimum atomic E-state index is -1.01. The molecule has 2 aromatic rings. The molecular weight excluding hydrogens is 350 g/mol. The molecule has 1 aliphatic heterocycles. The molecule has 0 aromatic heterocycles. The van der Waals surface area contributed by atoms with Crippen molar-refractivity contribution in [2.45, 2.75) is 19.4 Å². The molecule has 1 amide bonds. The number of benzene rings is 2. The van der Waals surface area contributed by atoms with Gasteiger partial charge >= 0.3 is 5.97 Å². The Bertz CT molecular complexity index is 912. The predicted molar refractivity (Wildman–Crippen MR) is 100 cm³/mol. The third-order valence-electron chi connectivity index (χ3n) is 4.48. The topological polar surface area (TPSA) is 102 Å². The van der Waals surface area contributed by atoms with Crippen molar-refractivity contribution < 1.29 is 19.2 Å². The lowest BCUT2D eigenvalue weighted by molar-refractivity contribution is -0.384. The van der Waals surface area contributed by atoms with Crippen LogP contribution in [0.5, 0.6) is 0 Å². The summed E-state index contributed by atoms with van der Waals surface area (Å²) in [5, 5.41) is 13.8. The monoisotopic (exact) mass is 369 g/mol. The van der Waals surface area contributed by atoms with Crippen molar-refractivity contribution in [1.82, 2.24) is 0 Å². The summed E-state index contributed by atoms with van der Waals surface area (Å²) >= 11 is 0. The van der Waals surface area contributed by atoms with Crippen LogP contribution < -0.4 is 10.2 Å². The number of para-hydroxylation sites is 1. The number of amides is 1. The van der Waals surface area contributed by atoms with E-state index in [0.717, 1.165) is 23.7 Å². The summed E-state index contributed by atoms with van der Waals surface area (Å²) < 4.78 is 5.26. The lowest BCUT2D eigenvalue weighted by Crippen LogP contribution is -2.39. The number of fused-ring (bicyclic) bond motifs is 1. The number of nitrogens with one attached hydrogen (secondary N) is 1. The Morgan fingerprint density at radius 2 is 2.00 bits per heavy atom. The van der Waals surface area contributed by atoms with E-state index >= 15 is 0 Å². The molecule has 27 heavy (non-hydrogen) atoms. The van der Waals surface area contributed by atoms with E-state index in [-0.39, 0.29) is 22.8 Å². The van der Waals surface area contributed by atoms with Gasteiger partial charge in [0.1, 0.15) is 5.69 Å². The zero-order valence-corrected chi connectivity index (χ0v) is 15.0. The predicted octanol–water partition coefficient (Wildman–Crippen LogP) is 2.77. The summed E-state index contributed by atoms with van der Waals surface area (Å²) in [6.07, 6.45) is -0.257. The van der Waals surface area contributed by atoms with Crippen LogP contribution in [0.2, 0.25) is 0 Å². The Hall–Kier alpha value is -3.42. The van der Waals surface area contributed by atoms with Crippen LogP contribution in [0, 0.1) is 10.1 Å². The van der Waals surface area contributed by atoms with Gasteiger partial charge in [0.2, 0.25) is 0 Å². The number of hydrogen-bond donors (Lipinski definition) is 1. The van der Waals surface area contributed by atoms with Crippen molar-refractivity contribution in [3.05, 3.63) is 63.7 Å². The standard InChI is InChI=1S/C19H19N3O5/c1-12(18(23)21-10-9-13-5-3-4-6-16(13)21)27-19(24)14-7-8-15(20-2)17(11-14)22(25)26/h3-8,11-12,20H,9-10H2,1-2H3/t12-/m1/s1. The van der Waals surface area contributed by atoms with Crippen molar-refractivity contribution in [2.75, 3.05) is 23.8 Å². The maximum Gasteiger partial charge on any atom is 0.339 e. The number of ether oxygens (including phenoxy) is 1. The van der Waals surface area contributed by atoms with Crippen LogP contribution in [-0.2, 0) is 16.0 Å². The van der Waals surface area contributed by atoms with E-state index in [2.05, 4.69) is 5.32 Å². The zero-order chi connectivity index (χ0) is 19.6. The number of hydrogen-bond acceptors (Lipinski definition) is 6. The molecule has 0 spiro atoms. The van der Waals surface area contributed by atoms with Gasteiger partial charge in [0, 0.05) is 25.3 Å². The normalized spacial score (nSPS) is 13.6. The summed E-state index contributed by atoms with van der Waals surface area (Å²) in [6.45, 7) is 2.03. The van der Waals surface area contributed by atoms with Crippen LogP contribution in [0.3, 0.4) is 0 Å². The molecule has 0 fully saturated rings. The first kappa shape index (κ1) is 18.4. The van der Waals surface area contributed by atoms with Gasteiger partial charge in [0.25, 0.3) is 11.6 Å². The third kappa shape index (κ3) is 3.59. The van der Waals surface area contributed by atoms with Crippen LogP contribution >= 0.6 is 0 Å². The molecule has 0 bridgehead atoms. The van der Waals surface area contributed by atoms with Crippen LogP contribution in [0.25, 0.3) is 0 Å². The number of carbonyl (C=O) groups excluding carboxylic acids is 2. The first-order valence-corrected chi connectivity index (χ1v) is 8.49. The Morgan fingerprint density at radius 1 is 1.26 bits per heavy atom. The molecule has 1 heterocycles. The van der Waals surface area contributed by atoms with E-state index in [9.17, 15) is 19.7 Å². The number of nitro benzene ring substituents is 1. The van der Waals surface area contributed by atoms with Gasteiger partial charge in [-0.1, -0.05) is 18.2 Å². The highest BCUT2D eigenvalue weighted by Gasteiger charge is 2.30.